The van der Waals surface area contributed by atoms with E-state index in [0.717, 1.165) is 6.20 Å². The van der Waals surface area contributed by atoms with Gasteiger partial charge in [0.1, 0.15) is 17.6 Å². The van der Waals surface area contributed by atoms with Gasteiger partial charge >= 0.3 is 6.18 Å². The van der Waals surface area contributed by atoms with Crippen LogP contribution in [0, 0.1) is 6.92 Å². The van der Waals surface area contributed by atoms with E-state index < -0.39 is 17.3 Å². The van der Waals surface area contributed by atoms with Crippen LogP contribution in [0.15, 0.2) is 22.7 Å². The van der Waals surface area contributed by atoms with E-state index in [9.17, 15) is 18.3 Å². The number of aliphatic hydroxyl groups excluding tert-OH is 1. The number of rotatable bonds is 2. The molecular weight excluding hydrogens is 255 g/mol. The highest BCUT2D eigenvalue weighted by molar-refractivity contribution is 7.11. The van der Waals surface area contributed by atoms with Gasteiger partial charge in [-0.1, -0.05) is 0 Å². The highest BCUT2D eigenvalue weighted by Gasteiger charge is 2.35. The van der Waals surface area contributed by atoms with E-state index in [2.05, 4.69) is 4.98 Å². The molecule has 0 radical (unpaired) electrons. The first-order valence-electron chi connectivity index (χ1n) is 4.65. The molecule has 0 bridgehead atoms. The van der Waals surface area contributed by atoms with Crippen LogP contribution in [0.3, 0.4) is 0 Å². The Hall–Kier alpha value is -1.34. The summed E-state index contributed by atoms with van der Waals surface area (Å²) < 4.78 is 42.1. The summed E-state index contributed by atoms with van der Waals surface area (Å²) in [7, 11) is 0. The molecule has 0 aliphatic heterocycles. The van der Waals surface area contributed by atoms with Crippen LogP contribution in [0.25, 0.3) is 0 Å². The van der Waals surface area contributed by atoms with Crippen molar-refractivity contribution in [2.45, 2.75) is 19.2 Å². The Morgan fingerprint density at radius 3 is 2.59 bits per heavy atom. The van der Waals surface area contributed by atoms with Gasteiger partial charge in [0, 0.05) is 6.20 Å². The summed E-state index contributed by atoms with van der Waals surface area (Å²) in [5.74, 6) is 0.791. The Bertz CT molecular complexity index is 518. The molecule has 0 saturated heterocycles. The number of nitrogens with zero attached hydrogens (tertiary/aromatic N) is 1. The molecule has 0 aliphatic rings. The molecule has 17 heavy (non-hydrogen) atoms. The van der Waals surface area contributed by atoms with Gasteiger partial charge in [0.15, 0.2) is 5.01 Å². The second-order valence-corrected chi connectivity index (χ2v) is 4.48. The van der Waals surface area contributed by atoms with Crippen LogP contribution < -0.4 is 0 Å². The molecule has 0 saturated carbocycles. The zero-order valence-corrected chi connectivity index (χ0v) is 9.47. The quantitative estimate of drug-likeness (QED) is 0.905. The Labute approximate surface area is 98.5 Å². The SMILES string of the molecule is Cc1ccc(C(O)c2cnc(C(F)(F)F)s2)o1. The molecule has 0 fully saturated rings. The minimum Gasteiger partial charge on any atom is -0.463 e. The van der Waals surface area contributed by atoms with Crippen LogP contribution in [-0.2, 0) is 6.18 Å². The van der Waals surface area contributed by atoms with Gasteiger partial charge in [0.2, 0.25) is 0 Å². The minimum atomic E-state index is -4.48. The van der Waals surface area contributed by atoms with Crippen molar-refractivity contribution < 1.29 is 22.7 Å². The number of halogens is 3. The molecule has 0 aromatic carbocycles. The van der Waals surface area contributed by atoms with Crippen molar-refractivity contribution in [1.82, 2.24) is 4.98 Å². The van der Waals surface area contributed by atoms with Gasteiger partial charge in [0.25, 0.3) is 0 Å². The predicted molar refractivity (Wildman–Crippen MR) is 54.6 cm³/mol. The van der Waals surface area contributed by atoms with E-state index in [4.69, 9.17) is 4.42 Å². The summed E-state index contributed by atoms with van der Waals surface area (Å²) in [6.07, 6.45) is -4.69. The smallest absolute Gasteiger partial charge is 0.443 e. The average Bonchev–Trinajstić information content (AvgIpc) is 2.83. The fourth-order valence-electron chi connectivity index (χ4n) is 1.28. The Morgan fingerprint density at radius 1 is 1.41 bits per heavy atom. The first-order chi connectivity index (χ1) is 7.88. The van der Waals surface area contributed by atoms with E-state index in [1.165, 1.54) is 6.07 Å². The summed E-state index contributed by atoms with van der Waals surface area (Å²) in [6.45, 7) is 1.68. The molecule has 7 heteroatoms. The monoisotopic (exact) mass is 263 g/mol. The van der Waals surface area contributed by atoms with E-state index in [0.29, 0.717) is 17.1 Å². The number of hydrogen-bond acceptors (Lipinski definition) is 4. The predicted octanol–water partition coefficient (Wildman–Crippen LogP) is 3.15. The normalized spacial score (nSPS) is 13.9. The average molecular weight is 263 g/mol. The molecule has 3 nitrogen and oxygen atoms in total. The molecule has 2 aromatic rings. The van der Waals surface area contributed by atoms with Crippen LogP contribution in [0.1, 0.15) is 27.5 Å². The number of thiazole rings is 1. The summed E-state index contributed by atoms with van der Waals surface area (Å²) in [5, 5.41) is 8.82. The molecule has 92 valence electrons. The van der Waals surface area contributed by atoms with Gasteiger partial charge in [-0.25, -0.2) is 4.98 Å². The third-order valence-corrected chi connectivity index (χ3v) is 3.16. The third-order valence-electron chi connectivity index (χ3n) is 2.07. The van der Waals surface area contributed by atoms with Gasteiger partial charge in [-0.2, -0.15) is 13.2 Å². The lowest BCUT2D eigenvalue weighted by atomic mass is 10.2. The molecule has 0 aliphatic carbocycles. The van der Waals surface area contributed by atoms with E-state index in [-0.39, 0.29) is 10.6 Å². The molecule has 1 atom stereocenters. The van der Waals surface area contributed by atoms with Crippen LogP contribution in [0.5, 0.6) is 0 Å². The van der Waals surface area contributed by atoms with E-state index >= 15 is 0 Å². The number of hydrogen-bond donors (Lipinski definition) is 1. The molecule has 1 N–H and O–H groups in total. The number of aromatic nitrogens is 1. The van der Waals surface area contributed by atoms with Crippen molar-refractivity contribution in [2.75, 3.05) is 0 Å². The molecule has 1 unspecified atom stereocenters. The van der Waals surface area contributed by atoms with Crippen molar-refractivity contribution >= 4 is 11.3 Å². The molecular formula is C10H8F3NO2S. The second-order valence-electron chi connectivity index (χ2n) is 3.42. The lowest BCUT2D eigenvalue weighted by Crippen LogP contribution is -2.03. The highest BCUT2D eigenvalue weighted by Crippen LogP contribution is 2.36. The maximum absolute atomic E-state index is 12.3. The minimum absolute atomic E-state index is 0.103. The lowest BCUT2D eigenvalue weighted by molar-refractivity contribution is -0.137. The van der Waals surface area contributed by atoms with Gasteiger partial charge < -0.3 is 9.52 Å². The van der Waals surface area contributed by atoms with Crippen molar-refractivity contribution in [3.8, 4) is 0 Å². The number of alkyl halides is 3. The van der Waals surface area contributed by atoms with Crippen LogP contribution in [0.2, 0.25) is 0 Å². The number of aryl methyl sites for hydroxylation is 1. The van der Waals surface area contributed by atoms with Crippen LogP contribution in [0.4, 0.5) is 13.2 Å². The van der Waals surface area contributed by atoms with Crippen LogP contribution in [-0.4, -0.2) is 10.1 Å². The standard InChI is InChI=1S/C10H8F3NO2S/c1-5-2-3-6(16-5)8(15)7-4-14-9(17-7)10(11,12)13/h2-4,8,15H,1H3. The van der Waals surface area contributed by atoms with Gasteiger partial charge in [-0.15, -0.1) is 11.3 Å². The summed E-state index contributed by atoms with van der Waals surface area (Å²) in [6, 6.07) is 3.15. The largest absolute Gasteiger partial charge is 0.463 e. The second kappa shape index (κ2) is 4.15. The fourth-order valence-corrected chi connectivity index (χ4v) is 2.06. The number of aliphatic hydroxyl groups is 1. The maximum atomic E-state index is 12.3. The fraction of sp³-hybridized carbons (Fsp3) is 0.300. The van der Waals surface area contributed by atoms with Gasteiger partial charge in [-0.05, 0) is 19.1 Å². The molecule has 0 spiro atoms. The first kappa shape index (κ1) is 12.1. The van der Waals surface area contributed by atoms with Crippen molar-refractivity contribution in [2.24, 2.45) is 0 Å². The Balaban J connectivity index is 2.26. The lowest BCUT2D eigenvalue weighted by Gasteiger charge is -2.03. The third kappa shape index (κ3) is 2.50. The zero-order valence-electron chi connectivity index (χ0n) is 8.65. The van der Waals surface area contributed by atoms with Gasteiger partial charge in [-0.3, -0.25) is 0 Å². The Morgan fingerprint density at radius 2 is 2.12 bits per heavy atom. The van der Waals surface area contributed by atoms with E-state index in [1.54, 1.807) is 13.0 Å². The van der Waals surface area contributed by atoms with Crippen molar-refractivity contribution in [3.05, 3.63) is 39.7 Å². The molecule has 2 aromatic heterocycles. The summed E-state index contributed by atoms with van der Waals surface area (Å²) >= 11 is 0.406. The van der Waals surface area contributed by atoms with Crippen molar-refractivity contribution in [3.63, 3.8) is 0 Å². The highest BCUT2D eigenvalue weighted by atomic mass is 32.1. The molecule has 2 heterocycles. The van der Waals surface area contributed by atoms with E-state index in [1.807, 2.05) is 0 Å². The Kier molecular flexibility index (Phi) is 2.96. The van der Waals surface area contributed by atoms with Crippen molar-refractivity contribution in [1.29, 1.82) is 0 Å². The first-order valence-corrected chi connectivity index (χ1v) is 5.47. The molecule has 0 amide bonds. The summed E-state index contributed by atoms with van der Waals surface area (Å²) in [4.78, 5) is 3.34. The maximum Gasteiger partial charge on any atom is 0.443 e. The number of furan rings is 1. The van der Waals surface area contributed by atoms with Crippen LogP contribution >= 0.6 is 11.3 Å². The topological polar surface area (TPSA) is 46.3 Å². The molecule has 2 rings (SSSR count). The summed E-state index contributed by atoms with van der Waals surface area (Å²) in [5.41, 5.74) is 0. The zero-order chi connectivity index (χ0) is 12.6. The van der Waals surface area contributed by atoms with Gasteiger partial charge in [0.05, 0.1) is 4.88 Å².